The predicted octanol–water partition coefficient (Wildman–Crippen LogP) is 4.38. The number of halogens is 1. The van der Waals surface area contributed by atoms with Gasteiger partial charge in [0.05, 0.1) is 11.8 Å². The van der Waals surface area contributed by atoms with Gasteiger partial charge in [-0.15, -0.1) is 0 Å². The molecule has 24 heavy (non-hydrogen) atoms. The van der Waals surface area contributed by atoms with E-state index < -0.39 is 8.07 Å². The van der Waals surface area contributed by atoms with Crippen molar-refractivity contribution in [3.8, 4) is 0 Å². The topological polar surface area (TPSA) is 36.3 Å². The average Bonchev–Trinajstić information content (AvgIpc) is 2.96. The number of imidazole rings is 1. The van der Waals surface area contributed by atoms with E-state index in [1.807, 2.05) is 12.1 Å². The van der Waals surface area contributed by atoms with Gasteiger partial charge in [-0.05, 0) is 36.4 Å². The highest BCUT2D eigenvalue weighted by molar-refractivity contribution is 6.76. The predicted molar refractivity (Wildman–Crippen MR) is 96.6 cm³/mol. The van der Waals surface area contributed by atoms with Crippen molar-refractivity contribution < 1.29 is 13.9 Å². The van der Waals surface area contributed by atoms with Crippen LogP contribution in [-0.2, 0) is 16.2 Å². The highest BCUT2D eigenvalue weighted by Gasteiger charge is 2.22. The van der Waals surface area contributed by atoms with Crippen LogP contribution in [0.1, 0.15) is 24.3 Å². The Hall–Kier alpha value is -1.24. The normalized spacial score (nSPS) is 16.8. The first-order valence-corrected chi connectivity index (χ1v) is 12.5. The monoisotopic (exact) mass is 350 g/mol. The molecule has 0 unspecified atom stereocenters. The molecule has 1 aliphatic rings. The molecule has 0 bridgehead atoms. The molecule has 1 fully saturated rings. The molecule has 1 saturated heterocycles. The average molecular weight is 351 g/mol. The lowest BCUT2D eigenvalue weighted by Crippen LogP contribution is -2.22. The molecule has 6 heteroatoms. The van der Waals surface area contributed by atoms with Crippen LogP contribution in [0.4, 0.5) is 4.39 Å². The van der Waals surface area contributed by atoms with E-state index >= 15 is 4.39 Å². The molecular formula is C18H27FN2O2Si. The number of hydrogen-bond donors (Lipinski definition) is 0. The minimum Gasteiger partial charge on any atom is -0.381 e. The molecule has 2 aromatic rings. The van der Waals surface area contributed by atoms with Gasteiger partial charge in [-0.1, -0.05) is 25.7 Å². The Morgan fingerprint density at radius 1 is 1.29 bits per heavy atom. The summed E-state index contributed by atoms with van der Waals surface area (Å²) in [5.74, 6) is 0.0880. The number of nitrogens with zero attached hydrogens (tertiary/aromatic N) is 2. The van der Waals surface area contributed by atoms with Crippen LogP contribution in [0.3, 0.4) is 0 Å². The van der Waals surface area contributed by atoms with Gasteiger partial charge in [0, 0.05) is 27.9 Å². The fourth-order valence-electron chi connectivity index (χ4n) is 3.10. The summed E-state index contributed by atoms with van der Waals surface area (Å²) < 4.78 is 28.1. The van der Waals surface area contributed by atoms with Gasteiger partial charge < -0.3 is 14.0 Å². The lowest BCUT2D eigenvalue weighted by Gasteiger charge is -2.23. The Bertz CT molecular complexity index is 690. The quantitative estimate of drug-likeness (QED) is 0.573. The Morgan fingerprint density at radius 2 is 2.04 bits per heavy atom. The molecule has 0 atom stereocenters. The van der Waals surface area contributed by atoms with E-state index in [-0.39, 0.29) is 11.7 Å². The molecule has 1 aromatic heterocycles. The Morgan fingerprint density at radius 3 is 2.75 bits per heavy atom. The molecule has 1 aliphatic heterocycles. The van der Waals surface area contributed by atoms with Crippen molar-refractivity contribution in [1.29, 1.82) is 0 Å². The van der Waals surface area contributed by atoms with Crippen LogP contribution < -0.4 is 0 Å². The number of hydrogen-bond acceptors (Lipinski definition) is 3. The summed E-state index contributed by atoms with van der Waals surface area (Å²) in [4.78, 5) is 4.32. The second-order valence-corrected chi connectivity index (χ2v) is 13.4. The summed E-state index contributed by atoms with van der Waals surface area (Å²) in [5, 5.41) is 0. The third kappa shape index (κ3) is 4.04. The van der Waals surface area contributed by atoms with E-state index in [1.54, 1.807) is 10.9 Å². The first-order valence-electron chi connectivity index (χ1n) is 8.74. The lowest BCUT2D eigenvalue weighted by atomic mass is 9.91. The fourth-order valence-corrected chi connectivity index (χ4v) is 3.86. The maximum absolute atomic E-state index is 15.1. The first kappa shape index (κ1) is 17.6. The number of fused-ring (bicyclic) bond motifs is 1. The molecule has 2 heterocycles. The maximum Gasteiger partial charge on any atom is 0.152 e. The van der Waals surface area contributed by atoms with Crippen LogP contribution in [0, 0.1) is 5.82 Å². The molecule has 3 rings (SSSR count). The van der Waals surface area contributed by atoms with Crippen molar-refractivity contribution in [2.45, 2.75) is 51.2 Å². The Balaban J connectivity index is 1.76. The molecule has 0 aliphatic carbocycles. The summed E-state index contributed by atoms with van der Waals surface area (Å²) in [6.07, 6.45) is 3.43. The second-order valence-electron chi connectivity index (χ2n) is 7.79. The summed E-state index contributed by atoms with van der Waals surface area (Å²) in [6.45, 7) is 9.46. The van der Waals surface area contributed by atoms with Crippen molar-refractivity contribution in [3.05, 3.63) is 29.8 Å². The zero-order valence-electron chi connectivity index (χ0n) is 14.8. The fraction of sp³-hybridized carbons (Fsp3) is 0.611. The van der Waals surface area contributed by atoms with Crippen LogP contribution in [0.25, 0.3) is 11.0 Å². The number of ether oxygens (including phenoxy) is 2. The Labute approximate surface area is 144 Å². The molecule has 4 nitrogen and oxygen atoms in total. The number of rotatable bonds is 6. The van der Waals surface area contributed by atoms with Crippen LogP contribution in [0.5, 0.6) is 0 Å². The molecular weight excluding hydrogens is 323 g/mol. The summed E-state index contributed by atoms with van der Waals surface area (Å²) >= 11 is 0. The standard InChI is InChI=1S/C18H27FN2O2Si/c1-24(2,3)11-10-23-13-21-12-20-16-5-4-15(17(19)18(16)21)14-6-8-22-9-7-14/h4-5,12,14H,6-11,13H2,1-3H3. The molecule has 1 aromatic carbocycles. The van der Waals surface area contributed by atoms with E-state index in [0.717, 1.165) is 31.1 Å². The van der Waals surface area contributed by atoms with Crippen molar-refractivity contribution in [3.63, 3.8) is 0 Å². The lowest BCUT2D eigenvalue weighted by molar-refractivity contribution is 0.0843. The van der Waals surface area contributed by atoms with Gasteiger partial charge in [0.2, 0.25) is 0 Å². The third-order valence-corrected chi connectivity index (χ3v) is 6.34. The van der Waals surface area contributed by atoms with E-state index in [2.05, 4.69) is 24.6 Å². The van der Waals surface area contributed by atoms with Crippen LogP contribution >= 0.6 is 0 Å². The van der Waals surface area contributed by atoms with Gasteiger partial charge in [-0.25, -0.2) is 9.37 Å². The van der Waals surface area contributed by atoms with Gasteiger partial charge in [0.1, 0.15) is 12.2 Å². The van der Waals surface area contributed by atoms with Gasteiger partial charge in [-0.2, -0.15) is 0 Å². The SMILES string of the molecule is C[Si](C)(C)CCOCn1cnc2ccc(C3CCOCC3)c(F)c21. The van der Waals surface area contributed by atoms with Crippen molar-refractivity contribution in [1.82, 2.24) is 9.55 Å². The highest BCUT2D eigenvalue weighted by atomic mass is 28.3. The Kier molecular flexibility index (Phi) is 5.37. The summed E-state index contributed by atoms with van der Waals surface area (Å²) in [5.41, 5.74) is 2.04. The molecule has 0 N–H and O–H groups in total. The molecule has 132 valence electrons. The zero-order chi connectivity index (χ0) is 17.2. The second kappa shape index (κ2) is 7.33. The van der Waals surface area contributed by atoms with Crippen LogP contribution in [0.2, 0.25) is 25.7 Å². The molecule has 0 spiro atoms. The summed E-state index contributed by atoms with van der Waals surface area (Å²) in [6, 6.07) is 4.91. The molecule has 0 saturated carbocycles. The van der Waals surface area contributed by atoms with Crippen molar-refractivity contribution >= 4 is 19.1 Å². The maximum atomic E-state index is 15.1. The van der Waals surface area contributed by atoms with Crippen molar-refractivity contribution in [2.75, 3.05) is 19.8 Å². The number of aromatic nitrogens is 2. The van der Waals surface area contributed by atoms with E-state index in [1.165, 1.54) is 0 Å². The van der Waals surface area contributed by atoms with E-state index in [9.17, 15) is 0 Å². The van der Waals surface area contributed by atoms with E-state index in [4.69, 9.17) is 9.47 Å². The van der Waals surface area contributed by atoms with Gasteiger partial charge in [-0.3, -0.25) is 0 Å². The van der Waals surface area contributed by atoms with Crippen LogP contribution in [-0.4, -0.2) is 37.4 Å². The number of benzene rings is 1. The first-order chi connectivity index (χ1) is 11.5. The largest absolute Gasteiger partial charge is 0.381 e. The molecule has 0 radical (unpaired) electrons. The van der Waals surface area contributed by atoms with Gasteiger partial charge in [0.25, 0.3) is 0 Å². The zero-order valence-corrected chi connectivity index (χ0v) is 15.8. The minimum atomic E-state index is -1.11. The van der Waals surface area contributed by atoms with Gasteiger partial charge >= 0.3 is 0 Å². The van der Waals surface area contributed by atoms with Crippen LogP contribution in [0.15, 0.2) is 18.5 Å². The van der Waals surface area contributed by atoms with Gasteiger partial charge in [0.15, 0.2) is 5.82 Å². The minimum absolute atomic E-state index is 0.148. The van der Waals surface area contributed by atoms with Crippen molar-refractivity contribution in [2.24, 2.45) is 0 Å². The smallest absolute Gasteiger partial charge is 0.152 e. The third-order valence-electron chi connectivity index (χ3n) is 4.64. The highest BCUT2D eigenvalue weighted by Crippen LogP contribution is 2.32. The van der Waals surface area contributed by atoms with E-state index in [0.29, 0.717) is 31.0 Å². The summed E-state index contributed by atoms with van der Waals surface area (Å²) in [7, 11) is -1.11. The molecule has 0 amide bonds.